The van der Waals surface area contributed by atoms with Crippen LogP contribution in [0.25, 0.3) is 0 Å². The van der Waals surface area contributed by atoms with E-state index in [1.807, 2.05) is 12.1 Å². The van der Waals surface area contributed by atoms with Crippen LogP contribution in [0.5, 0.6) is 0 Å². The summed E-state index contributed by atoms with van der Waals surface area (Å²) < 4.78 is 13.9. The van der Waals surface area contributed by atoms with E-state index in [0.29, 0.717) is 0 Å². The van der Waals surface area contributed by atoms with Crippen molar-refractivity contribution in [1.82, 2.24) is 5.32 Å². The van der Waals surface area contributed by atoms with Gasteiger partial charge in [-0.25, -0.2) is 4.39 Å². The Morgan fingerprint density at radius 3 is 2.30 bits per heavy atom. The van der Waals surface area contributed by atoms with Gasteiger partial charge in [0.15, 0.2) is 0 Å². The summed E-state index contributed by atoms with van der Waals surface area (Å²) in [5, 5.41) is 3.56. The average molecular weight is 336 g/mol. The molecular weight excluding hydrogens is 317 g/mol. The quantitative estimate of drug-likeness (QED) is 0.798. The van der Waals surface area contributed by atoms with Gasteiger partial charge in [0.1, 0.15) is 5.82 Å². The van der Waals surface area contributed by atoms with Crippen LogP contribution in [0.4, 0.5) is 4.39 Å². The molecule has 0 bridgehead atoms. The maximum atomic E-state index is 13.1. The molecule has 0 aliphatic rings. The van der Waals surface area contributed by atoms with Gasteiger partial charge in [0.2, 0.25) is 0 Å². The molecule has 0 spiro atoms. The maximum absolute atomic E-state index is 13.1. The molecule has 2 rings (SSSR count). The van der Waals surface area contributed by atoms with Crippen LogP contribution < -0.4 is 5.32 Å². The Morgan fingerprint density at radius 2 is 1.65 bits per heavy atom. The number of aryl methyl sites for hydroxylation is 1. The summed E-state index contributed by atoms with van der Waals surface area (Å²) in [6.07, 6.45) is 0. The topological polar surface area (TPSA) is 12.0 Å². The minimum atomic E-state index is -0.222. The molecule has 1 nitrogen and oxygen atoms in total. The lowest BCUT2D eigenvalue weighted by Crippen LogP contribution is -2.23. The first-order chi connectivity index (χ1) is 9.49. The summed E-state index contributed by atoms with van der Waals surface area (Å²) in [7, 11) is 0. The van der Waals surface area contributed by atoms with E-state index in [4.69, 9.17) is 0 Å². The van der Waals surface area contributed by atoms with Crippen molar-refractivity contribution in [3.63, 3.8) is 0 Å². The highest BCUT2D eigenvalue weighted by atomic mass is 79.9. The van der Waals surface area contributed by atoms with E-state index in [9.17, 15) is 4.39 Å². The van der Waals surface area contributed by atoms with Crippen LogP contribution in [0, 0.1) is 12.7 Å². The van der Waals surface area contributed by atoms with Crippen LogP contribution in [0.15, 0.2) is 46.9 Å². The molecule has 0 amide bonds. The lowest BCUT2D eigenvalue weighted by Gasteiger charge is -2.23. The van der Waals surface area contributed by atoms with Gasteiger partial charge in [0, 0.05) is 16.6 Å². The van der Waals surface area contributed by atoms with Crippen molar-refractivity contribution < 1.29 is 4.39 Å². The highest BCUT2D eigenvalue weighted by molar-refractivity contribution is 9.10. The van der Waals surface area contributed by atoms with Gasteiger partial charge in [0.25, 0.3) is 0 Å². The van der Waals surface area contributed by atoms with E-state index in [-0.39, 0.29) is 17.9 Å². The summed E-state index contributed by atoms with van der Waals surface area (Å²) in [5.41, 5.74) is 3.63. The predicted molar refractivity (Wildman–Crippen MR) is 85.2 cm³/mol. The molecule has 0 aliphatic carbocycles. The molecule has 2 aromatic carbocycles. The van der Waals surface area contributed by atoms with E-state index >= 15 is 0 Å². The second-order valence-electron chi connectivity index (χ2n) is 5.13. The molecule has 3 heteroatoms. The zero-order chi connectivity index (χ0) is 14.7. The van der Waals surface area contributed by atoms with Gasteiger partial charge in [0.05, 0.1) is 0 Å². The zero-order valence-electron chi connectivity index (χ0n) is 12.0. The Balaban J connectivity index is 2.15. The van der Waals surface area contributed by atoms with Gasteiger partial charge in [-0.15, -0.1) is 0 Å². The molecule has 1 N–H and O–H groups in total. The van der Waals surface area contributed by atoms with Crippen molar-refractivity contribution in [2.75, 3.05) is 0 Å². The standard InChI is InChI=1S/C17H19BrFN/c1-11-6-4-5-7-15(11)12(2)20-13(3)16-9-8-14(19)10-17(16)18/h4-10,12-13,20H,1-3H3/t12-,13?/m0/s1. The van der Waals surface area contributed by atoms with Gasteiger partial charge >= 0.3 is 0 Å². The van der Waals surface area contributed by atoms with Gasteiger partial charge < -0.3 is 5.32 Å². The molecule has 2 atom stereocenters. The molecule has 0 radical (unpaired) electrons. The van der Waals surface area contributed by atoms with E-state index in [1.165, 1.54) is 23.3 Å². The van der Waals surface area contributed by atoms with Gasteiger partial charge in [-0.2, -0.15) is 0 Å². The highest BCUT2D eigenvalue weighted by Crippen LogP contribution is 2.27. The van der Waals surface area contributed by atoms with Crippen LogP contribution in [0.2, 0.25) is 0 Å². The molecule has 20 heavy (non-hydrogen) atoms. The van der Waals surface area contributed by atoms with Crippen LogP contribution in [0.1, 0.15) is 42.6 Å². The zero-order valence-corrected chi connectivity index (χ0v) is 13.5. The van der Waals surface area contributed by atoms with E-state index < -0.39 is 0 Å². The Morgan fingerprint density at radius 1 is 1.00 bits per heavy atom. The number of benzene rings is 2. The number of halogens is 2. The molecule has 0 aliphatic heterocycles. The Bertz CT molecular complexity index is 597. The number of hydrogen-bond acceptors (Lipinski definition) is 1. The number of hydrogen-bond donors (Lipinski definition) is 1. The maximum Gasteiger partial charge on any atom is 0.124 e. The third-order valence-electron chi connectivity index (χ3n) is 3.58. The molecule has 0 saturated carbocycles. The average Bonchev–Trinajstić information content (AvgIpc) is 2.38. The first-order valence-corrected chi connectivity index (χ1v) is 7.55. The second kappa shape index (κ2) is 6.51. The fourth-order valence-electron chi connectivity index (χ4n) is 2.48. The van der Waals surface area contributed by atoms with E-state index in [0.717, 1.165) is 10.0 Å². The first-order valence-electron chi connectivity index (χ1n) is 6.75. The molecule has 0 saturated heterocycles. The molecule has 0 fully saturated rings. The van der Waals surface area contributed by atoms with E-state index in [1.54, 1.807) is 0 Å². The van der Waals surface area contributed by atoms with Crippen LogP contribution in [-0.4, -0.2) is 0 Å². The Labute approximate surface area is 128 Å². The summed E-state index contributed by atoms with van der Waals surface area (Å²) in [6, 6.07) is 13.6. The third-order valence-corrected chi connectivity index (χ3v) is 4.27. The monoisotopic (exact) mass is 335 g/mol. The number of rotatable bonds is 4. The minimum Gasteiger partial charge on any atom is -0.304 e. The minimum absolute atomic E-state index is 0.139. The second-order valence-corrected chi connectivity index (χ2v) is 5.99. The first kappa shape index (κ1) is 15.2. The van der Waals surface area contributed by atoms with Crippen molar-refractivity contribution in [1.29, 1.82) is 0 Å². The molecule has 106 valence electrons. The lowest BCUT2D eigenvalue weighted by molar-refractivity contribution is 0.491. The normalized spacial score (nSPS) is 14.1. The third kappa shape index (κ3) is 3.47. The fourth-order valence-corrected chi connectivity index (χ4v) is 3.17. The summed E-state index contributed by atoms with van der Waals surface area (Å²) >= 11 is 3.43. The van der Waals surface area contributed by atoms with Gasteiger partial charge in [-0.1, -0.05) is 46.3 Å². The molecule has 0 aromatic heterocycles. The smallest absolute Gasteiger partial charge is 0.124 e. The van der Waals surface area contributed by atoms with Gasteiger partial charge in [-0.3, -0.25) is 0 Å². The van der Waals surface area contributed by atoms with Crippen LogP contribution in [-0.2, 0) is 0 Å². The molecular formula is C17H19BrFN. The molecule has 0 heterocycles. The van der Waals surface area contributed by atoms with E-state index in [2.05, 4.69) is 60.2 Å². The summed E-state index contributed by atoms with van der Waals surface area (Å²) in [5.74, 6) is -0.222. The Hall–Kier alpha value is -1.19. The number of nitrogens with one attached hydrogen (secondary N) is 1. The lowest BCUT2D eigenvalue weighted by atomic mass is 10.0. The van der Waals surface area contributed by atoms with Crippen LogP contribution >= 0.6 is 15.9 Å². The van der Waals surface area contributed by atoms with Crippen molar-refractivity contribution in [2.45, 2.75) is 32.9 Å². The summed E-state index contributed by atoms with van der Waals surface area (Å²) in [6.45, 7) is 6.36. The SMILES string of the molecule is Cc1ccccc1[C@H](C)NC(C)c1ccc(F)cc1Br. The van der Waals surface area contributed by atoms with Crippen LogP contribution in [0.3, 0.4) is 0 Å². The largest absolute Gasteiger partial charge is 0.304 e. The Kier molecular flexibility index (Phi) is 4.95. The predicted octanol–water partition coefficient (Wildman–Crippen LogP) is 5.31. The molecule has 2 aromatic rings. The van der Waals surface area contributed by atoms with Gasteiger partial charge in [-0.05, 0) is 49.6 Å². The fraction of sp³-hybridized carbons (Fsp3) is 0.294. The van der Waals surface area contributed by atoms with Crippen molar-refractivity contribution in [2.24, 2.45) is 0 Å². The van der Waals surface area contributed by atoms with Crippen molar-refractivity contribution in [3.8, 4) is 0 Å². The molecule has 1 unspecified atom stereocenters. The summed E-state index contributed by atoms with van der Waals surface area (Å²) in [4.78, 5) is 0. The highest BCUT2D eigenvalue weighted by Gasteiger charge is 2.14. The van der Waals surface area contributed by atoms with Crippen molar-refractivity contribution >= 4 is 15.9 Å². The van der Waals surface area contributed by atoms with Crippen molar-refractivity contribution in [3.05, 3.63) is 69.4 Å².